The van der Waals surface area contributed by atoms with E-state index in [1.54, 1.807) is 11.8 Å². The molecule has 1 amide bonds. The summed E-state index contributed by atoms with van der Waals surface area (Å²) in [6.07, 6.45) is 4.35. The molecule has 0 bridgehead atoms. The molecule has 1 unspecified atom stereocenters. The van der Waals surface area contributed by atoms with Gasteiger partial charge in [-0.15, -0.1) is 0 Å². The van der Waals surface area contributed by atoms with Crippen LogP contribution in [0.1, 0.15) is 32.1 Å². The van der Waals surface area contributed by atoms with Gasteiger partial charge in [-0.3, -0.25) is 9.59 Å². The van der Waals surface area contributed by atoms with Crippen molar-refractivity contribution in [1.29, 1.82) is 0 Å². The minimum Gasteiger partial charge on any atom is -0.481 e. The molecule has 0 spiro atoms. The monoisotopic (exact) mass is 257 g/mol. The van der Waals surface area contributed by atoms with Crippen LogP contribution in [-0.2, 0) is 9.59 Å². The van der Waals surface area contributed by atoms with E-state index in [0.717, 1.165) is 43.7 Å². The molecule has 5 heteroatoms. The van der Waals surface area contributed by atoms with Gasteiger partial charge in [0, 0.05) is 24.0 Å². The Labute approximate surface area is 106 Å². The summed E-state index contributed by atoms with van der Waals surface area (Å²) < 4.78 is 0. The van der Waals surface area contributed by atoms with E-state index in [2.05, 4.69) is 0 Å². The Balaban J connectivity index is 1.99. The van der Waals surface area contributed by atoms with Crippen molar-refractivity contribution in [3.8, 4) is 0 Å². The second kappa shape index (κ2) is 5.76. The van der Waals surface area contributed by atoms with Gasteiger partial charge in [-0.1, -0.05) is 12.8 Å². The summed E-state index contributed by atoms with van der Waals surface area (Å²) in [6.45, 7) is 0.720. The van der Waals surface area contributed by atoms with Gasteiger partial charge in [0.2, 0.25) is 5.91 Å². The third-order valence-electron chi connectivity index (χ3n) is 3.63. The number of carboxylic acids is 1. The Hall–Kier alpha value is -0.710. The van der Waals surface area contributed by atoms with Crippen LogP contribution in [-0.4, -0.2) is 46.0 Å². The lowest BCUT2D eigenvalue weighted by molar-refractivity contribution is -0.142. The molecule has 1 atom stereocenters. The second-order valence-corrected chi connectivity index (χ2v) is 5.99. The molecule has 2 aliphatic rings. The lowest BCUT2D eigenvalue weighted by Crippen LogP contribution is -2.49. The van der Waals surface area contributed by atoms with Crippen molar-refractivity contribution in [1.82, 2.24) is 4.90 Å². The molecule has 0 aromatic heterocycles. The van der Waals surface area contributed by atoms with E-state index < -0.39 is 5.97 Å². The SMILES string of the molecule is O=C(O)CC1CSCCN1C(=O)C1CCCC1. The van der Waals surface area contributed by atoms with Crippen LogP contribution in [0.3, 0.4) is 0 Å². The van der Waals surface area contributed by atoms with E-state index in [-0.39, 0.29) is 24.3 Å². The van der Waals surface area contributed by atoms with Gasteiger partial charge in [-0.05, 0) is 12.8 Å². The van der Waals surface area contributed by atoms with E-state index in [4.69, 9.17) is 5.11 Å². The molecule has 1 heterocycles. The molecular formula is C12H19NO3S. The molecule has 0 aromatic rings. The predicted octanol–water partition coefficient (Wildman–Crippen LogP) is 1.60. The summed E-state index contributed by atoms with van der Waals surface area (Å²) >= 11 is 1.75. The summed E-state index contributed by atoms with van der Waals surface area (Å²) in [5.74, 6) is 1.27. The first-order valence-corrected chi connectivity index (χ1v) is 7.44. The molecule has 4 nitrogen and oxygen atoms in total. The molecule has 1 aliphatic heterocycles. The third kappa shape index (κ3) is 3.15. The summed E-state index contributed by atoms with van der Waals surface area (Å²) in [7, 11) is 0. The number of amides is 1. The highest BCUT2D eigenvalue weighted by atomic mass is 32.2. The van der Waals surface area contributed by atoms with E-state index in [0.29, 0.717) is 0 Å². The van der Waals surface area contributed by atoms with E-state index in [1.165, 1.54) is 0 Å². The minimum atomic E-state index is -0.804. The first-order valence-electron chi connectivity index (χ1n) is 6.28. The van der Waals surface area contributed by atoms with Gasteiger partial charge in [0.25, 0.3) is 0 Å². The number of thioether (sulfide) groups is 1. The van der Waals surface area contributed by atoms with Crippen molar-refractivity contribution in [2.45, 2.75) is 38.1 Å². The number of aliphatic carboxylic acids is 1. The number of hydrogen-bond acceptors (Lipinski definition) is 3. The summed E-state index contributed by atoms with van der Waals surface area (Å²) in [4.78, 5) is 25.0. The van der Waals surface area contributed by atoms with Crippen LogP contribution in [0.2, 0.25) is 0 Å². The van der Waals surface area contributed by atoms with Gasteiger partial charge in [0.05, 0.1) is 12.5 Å². The molecule has 17 heavy (non-hydrogen) atoms. The Morgan fingerprint density at radius 1 is 1.29 bits per heavy atom. The third-order valence-corrected chi connectivity index (χ3v) is 4.72. The summed E-state index contributed by atoms with van der Waals surface area (Å²) in [5, 5.41) is 8.88. The van der Waals surface area contributed by atoms with Crippen molar-refractivity contribution < 1.29 is 14.7 Å². The number of carbonyl (C=O) groups is 2. The van der Waals surface area contributed by atoms with Gasteiger partial charge < -0.3 is 10.0 Å². The van der Waals surface area contributed by atoms with Crippen LogP contribution in [0.4, 0.5) is 0 Å². The molecule has 1 N–H and O–H groups in total. The molecule has 2 rings (SSSR count). The van der Waals surface area contributed by atoms with Crippen molar-refractivity contribution in [2.24, 2.45) is 5.92 Å². The van der Waals surface area contributed by atoms with Crippen LogP contribution in [0.25, 0.3) is 0 Å². The van der Waals surface area contributed by atoms with E-state index >= 15 is 0 Å². The van der Waals surface area contributed by atoms with Crippen LogP contribution < -0.4 is 0 Å². The fourth-order valence-corrected chi connectivity index (χ4v) is 3.79. The Kier molecular flexibility index (Phi) is 4.31. The standard InChI is InChI=1S/C12H19NO3S/c14-11(15)7-10-8-17-6-5-13(10)12(16)9-3-1-2-4-9/h9-10H,1-8H2,(H,14,15). The molecular weight excluding hydrogens is 238 g/mol. The first-order chi connectivity index (χ1) is 8.18. The molecule has 0 radical (unpaired) electrons. The highest BCUT2D eigenvalue weighted by molar-refractivity contribution is 7.99. The maximum atomic E-state index is 12.3. The largest absolute Gasteiger partial charge is 0.481 e. The smallest absolute Gasteiger partial charge is 0.305 e. The van der Waals surface area contributed by atoms with Crippen molar-refractivity contribution in [2.75, 3.05) is 18.1 Å². The molecule has 1 aliphatic carbocycles. The van der Waals surface area contributed by atoms with Gasteiger partial charge in [-0.25, -0.2) is 0 Å². The minimum absolute atomic E-state index is 0.0887. The fraction of sp³-hybridized carbons (Fsp3) is 0.833. The Bertz CT molecular complexity index is 302. The highest BCUT2D eigenvalue weighted by Crippen LogP contribution is 2.29. The molecule has 96 valence electrons. The summed E-state index contributed by atoms with van der Waals surface area (Å²) in [5.41, 5.74) is 0. The van der Waals surface area contributed by atoms with Crippen LogP contribution >= 0.6 is 11.8 Å². The predicted molar refractivity (Wildman–Crippen MR) is 67.0 cm³/mol. The highest BCUT2D eigenvalue weighted by Gasteiger charge is 2.33. The average molecular weight is 257 g/mol. The maximum absolute atomic E-state index is 12.3. The lowest BCUT2D eigenvalue weighted by atomic mass is 10.0. The molecule has 1 saturated carbocycles. The Morgan fingerprint density at radius 3 is 2.65 bits per heavy atom. The lowest BCUT2D eigenvalue weighted by Gasteiger charge is -2.36. The van der Waals surface area contributed by atoms with Crippen molar-refractivity contribution in [3.05, 3.63) is 0 Å². The van der Waals surface area contributed by atoms with E-state index in [1.807, 2.05) is 4.90 Å². The number of rotatable bonds is 3. The van der Waals surface area contributed by atoms with Gasteiger partial charge in [0.15, 0.2) is 0 Å². The van der Waals surface area contributed by atoms with E-state index in [9.17, 15) is 9.59 Å². The average Bonchev–Trinajstić information content (AvgIpc) is 2.81. The number of nitrogens with zero attached hydrogens (tertiary/aromatic N) is 1. The second-order valence-electron chi connectivity index (χ2n) is 4.84. The topological polar surface area (TPSA) is 57.6 Å². The van der Waals surface area contributed by atoms with Gasteiger partial charge in [0.1, 0.15) is 0 Å². The molecule has 2 fully saturated rings. The fourth-order valence-electron chi connectivity index (χ4n) is 2.72. The Morgan fingerprint density at radius 2 is 2.00 bits per heavy atom. The zero-order chi connectivity index (χ0) is 12.3. The number of hydrogen-bond donors (Lipinski definition) is 1. The number of carboxylic acid groups (broad SMARTS) is 1. The van der Waals surface area contributed by atoms with Crippen molar-refractivity contribution in [3.63, 3.8) is 0 Å². The first kappa shape index (κ1) is 12.7. The maximum Gasteiger partial charge on any atom is 0.305 e. The molecule has 1 saturated heterocycles. The zero-order valence-corrected chi connectivity index (χ0v) is 10.7. The van der Waals surface area contributed by atoms with Crippen molar-refractivity contribution >= 4 is 23.6 Å². The quantitative estimate of drug-likeness (QED) is 0.834. The van der Waals surface area contributed by atoms with Crippen LogP contribution in [0.15, 0.2) is 0 Å². The normalized spacial score (nSPS) is 26.1. The molecule has 0 aromatic carbocycles. The van der Waals surface area contributed by atoms with Gasteiger partial charge >= 0.3 is 5.97 Å². The summed E-state index contributed by atoms with van der Waals surface area (Å²) in [6, 6.07) is -0.0978. The zero-order valence-electron chi connectivity index (χ0n) is 9.93. The van der Waals surface area contributed by atoms with Crippen LogP contribution in [0, 0.1) is 5.92 Å². The van der Waals surface area contributed by atoms with Gasteiger partial charge in [-0.2, -0.15) is 11.8 Å². The number of carbonyl (C=O) groups excluding carboxylic acids is 1. The van der Waals surface area contributed by atoms with Crippen LogP contribution in [0.5, 0.6) is 0 Å².